The quantitative estimate of drug-likeness (QED) is 0.0266. The summed E-state index contributed by atoms with van der Waals surface area (Å²) in [5, 5.41) is 6.13. The zero-order valence-electron chi connectivity index (χ0n) is 31.8. The number of rotatable bonds is 37. The molecule has 2 unspecified atom stereocenters. The molecule has 302 valence electrons. The van der Waals surface area contributed by atoms with Crippen molar-refractivity contribution in [3.05, 3.63) is 0 Å². The van der Waals surface area contributed by atoms with Crippen molar-refractivity contribution in [3.8, 4) is 0 Å². The highest BCUT2D eigenvalue weighted by Crippen LogP contribution is 2.62. The van der Waals surface area contributed by atoms with Gasteiger partial charge in [-0.1, -0.05) is 168 Å². The summed E-state index contributed by atoms with van der Waals surface area (Å²) in [6.45, 7) is 3.02. The topological polar surface area (TPSA) is 194 Å². The predicted octanol–water partition coefficient (Wildman–Crippen LogP) is 10.2. The molecule has 0 radical (unpaired) electrons. The van der Waals surface area contributed by atoms with Gasteiger partial charge in [-0.3, -0.25) is 23.5 Å². The highest BCUT2D eigenvalue weighted by Gasteiger charge is 2.51. The molecule has 0 spiro atoms. The number of hydrogen-bond donors (Lipinski definition) is 4. The van der Waals surface area contributed by atoms with Gasteiger partial charge in [-0.25, -0.2) is 0 Å². The molecule has 0 aliphatic rings. The van der Waals surface area contributed by atoms with Gasteiger partial charge in [0.2, 0.25) is 0 Å². The second kappa shape index (κ2) is 32.2. The van der Waals surface area contributed by atoms with Gasteiger partial charge in [0.25, 0.3) is 5.40 Å². The first-order valence-electron chi connectivity index (χ1n) is 19.9. The minimum Gasteiger partial charge on any atom is -0.480 e. The van der Waals surface area contributed by atoms with E-state index >= 15 is 0 Å². The van der Waals surface area contributed by atoms with E-state index in [1.54, 1.807) is 0 Å². The van der Waals surface area contributed by atoms with Gasteiger partial charge in [0.1, 0.15) is 6.61 Å². The largest absolute Gasteiger partial charge is 0.480 e. The Morgan fingerprint density at radius 3 is 1.18 bits per heavy atom. The Bertz CT molecular complexity index is 987. The van der Waals surface area contributed by atoms with Gasteiger partial charge in [0.15, 0.2) is 6.10 Å². The summed E-state index contributed by atoms with van der Waals surface area (Å²) < 4.78 is 39.4. The van der Waals surface area contributed by atoms with Crippen LogP contribution in [0.1, 0.15) is 194 Å². The summed E-state index contributed by atoms with van der Waals surface area (Å²) in [4.78, 5) is 65.0. The molecule has 0 rings (SSSR count). The van der Waals surface area contributed by atoms with Crippen molar-refractivity contribution < 1.29 is 57.3 Å². The third-order valence-electron chi connectivity index (χ3n) is 8.99. The SMILES string of the molecule is CCCCCCCCCCCCCCCC(=O)OC[C@H](COP(=O)(O)C(C(=O)O)P(=O)(O)O)OC(=O)CCCCCCCCCCCCCCC. The summed E-state index contributed by atoms with van der Waals surface area (Å²) in [5.74, 6) is -3.42. The Morgan fingerprint density at radius 2 is 0.843 bits per heavy atom. The number of carboxylic acid groups (broad SMARTS) is 1. The van der Waals surface area contributed by atoms with Crippen LogP contribution in [0.3, 0.4) is 0 Å². The molecule has 0 fully saturated rings. The molecular formula is C37H72O12P2. The lowest BCUT2D eigenvalue weighted by Gasteiger charge is -2.23. The van der Waals surface area contributed by atoms with E-state index in [0.717, 1.165) is 44.9 Å². The highest BCUT2D eigenvalue weighted by atomic mass is 31.2. The summed E-state index contributed by atoms with van der Waals surface area (Å²) in [6.07, 6.45) is 28.7. The first kappa shape index (κ1) is 49.7. The van der Waals surface area contributed by atoms with Gasteiger partial charge < -0.3 is 33.8 Å². The molecule has 3 atom stereocenters. The van der Waals surface area contributed by atoms with Crippen LogP contribution in [0.15, 0.2) is 0 Å². The molecule has 0 aromatic rings. The first-order chi connectivity index (χ1) is 24.3. The third kappa shape index (κ3) is 29.8. The van der Waals surface area contributed by atoms with Crippen molar-refractivity contribution in [3.63, 3.8) is 0 Å². The van der Waals surface area contributed by atoms with Crippen molar-refractivity contribution in [2.45, 2.75) is 205 Å². The van der Waals surface area contributed by atoms with E-state index in [0.29, 0.717) is 12.8 Å². The van der Waals surface area contributed by atoms with Crippen molar-refractivity contribution in [1.29, 1.82) is 0 Å². The van der Waals surface area contributed by atoms with Crippen LogP contribution in [0.25, 0.3) is 0 Å². The Balaban J connectivity index is 4.58. The molecule has 0 bridgehead atoms. The maximum atomic E-state index is 12.6. The van der Waals surface area contributed by atoms with Gasteiger partial charge in [-0.2, -0.15) is 0 Å². The Kier molecular flexibility index (Phi) is 31.4. The Morgan fingerprint density at radius 1 is 0.510 bits per heavy atom. The second-order valence-corrected chi connectivity index (χ2v) is 17.9. The number of unbranched alkanes of at least 4 members (excludes halogenated alkanes) is 24. The normalized spacial score (nSPS) is 14.1. The van der Waals surface area contributed by atoms with Gasteiger partial charge in [0, 0.05) is 12.8 Å². The summed E-state index contributed by atoms with van der Waals surface area (Å²) in [6, 6.07) is 0. The first-order valence-corrected chi connectivity index (χ1v) is 23.3. The lowest BCUT2D eigenvalue weighted by atomic mass is 10.0. The fraction of sp³-hybridized carbons (Fsp3) is 0.919. The van der Waals surface area contributed by atoms with E-state index in [4.69, 9.17) is 19.1 Å². The molecule has 51 heavy (non-hydrogen) atoms. The van der Waals surface area contributed by atoms with Crippen LogP contribution >= 0.6 is 15.2 Å². The number of aliphatic carboxylic acids is 1. The lowest BCUT2D eigenvalue weighted by molar-refractivity contribution is -0.161. The third-order valence-corrected chi connectivity index (χ3v) is 13.0. The van der Waals surface area contributed by atoms with Gasteiger partial charge in [-0.05, 0) is 12.8 Å². The molecule has 0 aliphatic heterocycles. The van der Waals surface area contributed by atoms with Crippen LogP contribution in [0.4, 0.5) is 0 Å². The maximum absolute atomic E-state index is 12.6. The van der Waals surface area contributed by atoms with Crippen LogP contribution in [0, 0.1) is 0 Å². The zero-order chi connectivity index (χ0) is 38.2. The van der Waals surface area contributed by atoms with Crippen molar-refractivity contribution in [1.82, 2.24) is 0 Å². The van der Waals surface area contributed by atoms with Gasteiger partial charge >= 0.3 is 33.1 Å². The molecule has 14 heteroatoms. The number of carbonyl (C=O) groups is 3. The molecule has 4 N–H and O–H groups in total. The highest BCUT2D eigenvalue weighted by molar-refractivity contribution is 7.72. The van der Waals surface area contributed by atoms with E-state index in [1.165, 1.54) is 109 Å². The number of hydrogen-bond acceptors (Lipinski definition) is 8. The molecule has 0 aliphatic carbocycles. The Labute approximate surface area is 308 Å². The van der Waals surface area contributed by atoms with E-state index in [-0.39, 0.29) is 12.8 Å². The number of carboxylic acids is 1. The molecule has 0 aromatic heterocycles. The average Bonchev–Trinajstić information content (AvgIpc) is 3.05. The van der Waals surface area contributed by atoms with Gasteiger partial charge in [0.05, 0.1) is 6.61 Å². The maximum Gasteiger partial charge on any atom is 0.354 e. The number of ether oxygens (including phenoxy) is 2. The number of carbonyl (C=O) groups excluding carboxylic acids is 2. The summed E-state index contributed by atoms with van der Waals surface area (Å²) >= 11 is 0. The van der Waals surface area contributed by atoms with Gasteiger partial charge in [-0.15, -0.1) is 0 Å². The van der Waals surface area contributed by atoms with Crippen molar-refractivity contribution in [2.75, 3.05) is 13.2 Å². The lowest BCUT2D eigenvalue weighted by Crippen LogP contribution is -2.31. The van der Waals surface area contributed by atoms with E-state index in [9.17, 15) is 38.2 Å². The van der Waals surface area contributed by atoms with Crippen LogP contribution in [-0.2, 0) is 37.5 Å². The second-order valence-electron chi connectivity index (χ2n) is 13.9. The molecule has 0 saturated heterocycles. The molecular weight excluding hydrogens is 698 g/mol. The van der Waals surface area contributed by atoms with Crippen LogP contribution in [-0.4, -0.2) is 62.4 Å². The van der Waals surface area contributed by atoms with E-state index in [2.05, 4.69) is 13.8 Å². The monoisotopic (exact) mass is 770 g/mol. The molecule has 0 amide bonds. The van der Waals surface area contributed by atoms with Crippen LogP contribution in [0.5, 0.6) is 0 Å². The fourth-order valence-electron chi connectivity index (χ4n) is 5.93. The minimum atomic E-state index is -5.57. The summed E-state index contributed by atoms with van der Waals surface area (Å²) in [7, 11) is -11.0. The molecule has 0 saturated carbocycles. The number of esters is 2. The zero-order valence-corrected chi connectivity index (χ0v) is 33.6. The average molecular weight is 771 g/mol. The van der Waals surface area contributed by atoms with Crippen molar-refractivity contribution in [2.24, 2.45) is 0 Å². The minimum absolute atomic E-state index is 0.0538. The summed E-state index contributed by atoms with van der Waals surface area (Å²) in [5.41, 5.74) is 0. The molecule has 0 aromatic carbocycles. The fourth-order valence-corrected chi connectivity index (χ4v) is 8.74. The van der Waals surface area contributed by atoms with Crippen LogP contribution < -0.4 is 0 Å². The molecule has 0 heterocycles. The van der Waals surface area contributed by atoms with E-state index in [1.807, 2.05) is 0 Å². The molecule has 12 nitrogen and oxygen atoms in total. The predicted molar refractivity (Wildman–Crippen MR) is 201 cm³/mol. The van der Waals surface area contributed by atoms with Crippen LogP contribution in [0.2, 0.25) is 0 Å². The van der Waals surface area contributed by atoms with Crippen molar-refractivity contribution >= 4 is 33.1 Å². The Hall–Kier alpha value is -1.29. The van der Waals surface area contributed by atoms with E-state index < -0.39 is 57.8 Å². The standard InChI is InChI=1S/C37H72O12P2/c1-3-5-7-9-11-13-15-17-19-21-23-25-27-29-34(38)47-31-33(32-48-51(45,46)37(36(40)41)50(42,43)44)49-35(39)30-28-26-24-22-20-18-16-14-12-10-8-6-4-2/h33,37H,3-32H2,1-2H3,(H,40,41)(H,45,46)(H2,42,43,44)/t33-,37?/m1/s1. The smallest absolute Gasteiger partial charge is 0.354 e.